The van der Waals surface area contributed by atoms with Crippen molar-refractivity contribution in [2.75, 3.05) is 47.1 Å². The topological polar surface area (TPSA) is 70.6 Å². The Balaban J connectivity index is 1.16. The molecule has 200 valence electrons. The van der Waals surface area contributed by atoms with E-state index in [4.69, 9.17) is 9.47 Å². The molecule has 5 aliphatic rings. The number of nitrogens with one attached hydrogen (secondary N) is 1. The first-order chi connectivity index (χ1) is 17.1. The van der Waals surface area contributed by atoms with Crippen LogP contribution in [-0.4, -0.2) is 93.1 Å². The highest BCUT2D eigenvalue weighted by atomic mass is 16.5. The number of piperidine rings is 2. The van der Waals surface area contributed by atoms with Crippen molar-refractivity contribution in [3.05, 3.63) is 0 Å². The monoisotopic (exact) mass is 491 g/mol. The summed E-state index contributed by atoms with van der Waals surface area (Å²) < 4.78 is 10.9. The maximum atomic E-state index is 12.8. The Morgan fingerprint density at radius 3 is 2.29 bits per heavy atom. The van der Waals surface area contributed by atoms with E-state index in [0.29, 0.717) is 18.2 Å². The van der Waals surface area contributed by atoms with Gasteiger partial charge in [0.15, 0.2) is 0 Å². The second-order valence-electron chi connectivity index (χ2n) is 12.4. The van der Waals surface area contributed by atoms with Crippen LogP contribution in [0.25, 0.3) is 0 Å². The fourth-order valence-corrected chi connectivity index (χ4v) is 8.17. The van der Waals surface area contributed by atoms with E-state index in [1.54, 1.807) is 7.11 Å². The third-order valence-corrected chi connectivity index (χ3v) is 10.4. The minimum atomic E-state index is -0.0627. The van der Waals surface area contributed by atoms with Crippen molar-refractivity contribution in [3.63, 3.8) is 0 Å². The zero-order valence-corrected chi connectivity index (χ0v) is 22.3. The van der Waals surface area contributed by atoms with Crippen LogP contribution in [0.4, 0.5) is 0 Å². The summed E-state index contributed by atoms with van der Waals surface area (Å²) in [6.07, 6.45) is 15.9. The normalized spacial score (nSPS) is 41.4. The molecule has 3 unspecified atom stereocenters. The molecule has 7 nitrogen and oxygen atoms in total. The lowest BCUT2D eigenvalue weighted by molar-refractivity contribution is -0.678. The number of fused-ring (bicyclic) bond motifs is 1. The van der Waals surface area contributed by atoms with E-state index in [0.717, 1.165) is 50.0 Å². The van der Waals surface area contributed by atoms with Crippen LogP contribution < -0.4 is 10.6 Å². The van der Waals surface area contributed by atoms with Gasteiger partial charge in [-0.05, 0) is 88.5 Å². The highest BCUT2D eigenvalue weighted by Gasteiger charge is 2.48. The molecule has 0 aromatic heterocycles. The smallest absolute Gasteiger partial charge is 0.323 e. The van der Waals surface area contributed by atoms with Crippen LogP contribution in [0, 0.1) is 17.8 Å². The Labute approximate surface area is 213 Å². The number of nitrogens with zero attached hydrogens (tertiary/aromatic N) is 2. The van der Waals surface area contributed by atoms with Gasteiger partial charge in [-0.2, -0.15) is 0 Å². The van der Waals surface area contributed by atoms with E-state index < -0.39 is 0 Å². The highest BCUT2D eigenvalue weighted by molar-refractivity contribution is 5.75. The number of hydrogen-bond donors (Lipinski definition) is 2. The average Bonchev–Trinajstić information content (AvgIpc) is 3.30. The number of hydrogen-bond acceptors (Lipinski definition) is 6. The zero-order valence-electron chi connectivity index (χ0n) is 22.3. The Bertz CT molecular complexity index is 671. The summed E-state index contributed by atoms with van der Waals surface area (Å²) in [4.78, 5) is 18.1. The van der Waals surface area contributed by atoms with Gasteiger partial charge in [0.05, 0.1) is 19.3 Å². The summed E-state index contributed by atoms with van der Waals surface area (Å²) in [6, 6.07) is 1.79. The first-order valence-electron chi connectivity index (χ1n) is 14.8. The van der Waals surface area contributed by atoms with Crippen molar-refractivity contribution in [1.82, 2.24) is 15.1 Å². The number of carbonyl (C=O) groups excluding carboxylic acids is 1. The van der Waals surface area contributed by atoms with E-state index in [1.165, 1.54) is 83.7 Å². The van der Waals surface area contributed by atoms with Crippen LogP contribution in [0.1, 0.15) is 77.0 Å². The Morgan fingerprint density at radius 2 is 1.63 bits per heavy atom. The molecule has 2 saturated carbocycles. The van der Waals surface area contributed by atoms with Gasteiger partial charge in [0, 0.05) is 39.2 Å². The van der Waals surface area contributed by atoms with Crippen molar-refractivity contribution < 1.29 is 19.6 Å². The summed E-state index contributed by atoms with van der Waals surface area (Å²) in [5, 5.41) is 6.30. The number of carbonyl (C=O) groups is 1. The summed E-state index contributed by atoms with van der Waals surface area (Å²) in [6.45, 7) is 5.60. The predicted octanol–water partition coefficient (Wildman–Crippen LogP) is 1.96. The molecule has 3 aliphatic heterocycles. The number of likely N-dealkylation sites (tertiary alicyclic amines) is 1. The third-order valence-electron chi connectivity index (χ3n) is 10.4. The summed E-state index contributed by atoms with van der Waals surface area (Å²) >= 11 is 0. The van der Waals surface area contributed by atoms with Crippen LogP contribution in [0.15, 0.2) is 0 Å². The predicted molar refractivity (Wildman–Crippen MR) is 137 cm³/mol. The summed E-state index contributed by atoms with van der Waals surface area (Å²) in [5.41, 5.74) is 0. The van der Waals surface area contributed by atoms with Crippen molar-refractivity contribution in [2.45, 2.75) is 107 Å². The molecule has 5 fully saturated rings. The molecule has 0 spiro atoms. The van der Waals surface area contributed by atoms with Gasteiger partial charge in [-0.3, -0.25) is 9.69 Å². The summed E-state index contributed by atoms with van der Waals surface area (Å²) in [7, 11) is 3.43. The molecule has 0 amide bonds. The van der Waals surface area contributed by atoms with Crippen LogP contribution >= 0.6 is 0 Å². The maximum absolute atomic E-state index is 12.8. The first kappa shape index (κ1) is 25.9. The standard InChI is InChI=1S/C28H50N4O3/c1-34-23-12-8-21(9-13-23)17-32-19-30-25-15-26(28(33)35-2)31(18-27(25)32)16-20-6-10-22(11-7-20)24-5-3-4-14-29-24/h20-27,29-30H,3-19H2,1-2H3/p+1/t20?,21?,22?,23?,24?,25?,26-,27?/m0/s1. The maximum Gasteiger partial charge on any atom is 0.323 e. The van der Waals surface area contributed by atoms with Gasteiger partial charge in [0.25, 0.3) is 0 Å². The van der Waals surface area contributed by atoms with Gasteiger partial charge >= 0.3 is 5.97 Å². The molecule has 3 saturated heterocycles. The fraction of sp³-hybridized carbons (Fsp3) is 0.964. The first-order valence-corrected chi connectivity index (χ1v) is 14.8. The molecule has 7 heteroatoms. The van der Waals surface area contributed by atoms with Gasteiger partial charge < -0.3 is 20.1 Å². The lowest BCUT2D eigenvalue weighted by Gasteiger charge is -2.43. The van der Waals surface area contributed by atoms with Crippen LogP contribution in [0.5, 0.6) is 0 Å². The fourth-order valence-electron chi connectivity index (χ4n) is 8.17. The van der Waals surface area contributed by atoms with Gasteiger partial charge in [-0.25, -0.2) is 4.90 Å². The van der Waals surface area contributed by atoms with Crippen LogP contribution in [-0.2, 0) is 14.3 Å². The molecular weight excluding hydrogens is 440 g/mol. The van der Waals surface area contributed by atoms with Gasteiger partial charge in [0.1, 0.15) is 18.8 Å². The van der Waals surface area contributed by atoms with Gasteiger partial charge in [-0.1, -0.05) is 6.42 Å². The number of methoxy groups -OCH3 is 2. The van der Waals surface area contributed by atoms with E-state index in [2.05, 4.69) is 20.4 Å². The Kier molecular flexibility index (Phi) is 9.03. The summed E-state index contributed by atoms with van der Waals surface area (Å²) in [5.74, 6) is 2.36. The third kappa shape index (κ3) is 6.23. The lowest BCUT2D eigenvalue weighted by atomic mass is 9.76. The number of quaternary nitrogens is 1. The molecule has 0 bridgehead atoms. The molecule has 3 N–H and O–H groups in total. The van der Waals surface area contributed by atoms with Gasteiger partial charge in [-0.15, -0.1) is 0 Å². The van der Waals surface area contributed by atoms with E-state index in [9.17, 15) is 4.79 Å². The Hall–Kier alpha value is -0.730. The molecule has 3 heterocycles. The van der Waals surface area contributed by atoms with Crippen molar-refractivity contribution in [2.24, 2.45) is 17.8 Å². The van der Waals surface area contributed by atoms with Crippen LogP contribution in [0.2, 0.25) is 0 Å². The number of nitrogens with two attached hydrogens (primary N) is 1. The lowest BCUT2D eigenvalue weighted by Crippen LogP contribution is -2.89. The highest BCUT2D eigenvalue weighted by Crippen LogP contribution is 2.35. The molecule has 5 rings (SSSR count). The second-order valence-corrected chi connectivity index (χ2v) is 12.4. The van der Waals surface area contributed by atoms with Crippen molar-refractivity contribution >= 4 is 5.97 Å². The molecule has 0 aromatic carbocycles. The quantitative estimate of drug-likeness (QED) is 0.531. The number of esters is 1. The second kappa shape index (κ2) is 12.2. The van der Waals surface area contributed by atoms with E-state index >= 15 is 0 Å². The minimum Gasteiger partial charge on any atom is -0.468 e. The van der Waals surface area contributed by atoms with Crippen LogP contribution in [0.3, 0.4) is 0 Å². The minimum absolute atomic E-state index is 0.0201. The molecular formula is C28H51N4O3+. The van der Waals surface area contributed by atoms with E-state index in [-0.39, 0.29) is 12.0 Å². The SMILES string of the molecule is COC(=O)[C@@H]1CC2[NH2+]CN(CC3CCC(OC)CC3)C2CN1CC1CCC(C2CCCCN2)CC1. The van der Waals surface area contributed by atoms with E-state index in [1.807, 2.05) is 7.11 Å². The zero-order chi connectivity index (χ0) is 24.2. The van der Waals surface area contributed by atoms with Crippen molar-refractivity contribution in [1.29, 1.82) is 0 Å². The number of ether oxygens (including phenoxy) is 2. The molecule has 35 heavy (non-hydrogen) atoms. The number of rotatable bonds is 7. The Morgan fingerprint density at radius 1 is 0.914 bits per heavy atom. The largest absolute Gasteiger partial charge is 0.468 e. The van der Waals surface area contributed by atoms with Gasteiger partial charge in [0.2, 0.25) is 0 Å². The average molecular weight is 492 g/mol. The molecule has 0 radical (unpaired) electrons. The molecule has 2 aliphatic carbocycles. The van der Waals surface area contributed by atoms with Crippen molar-refractivity contribution in [3.8, 4) is 0 Å². The molecule has 4 atom stereocenters. The molecule has 0 aromatic rings.